The highest BCUT2D eigenvalue weighted by Gasteiger charge is 2.45. The number of rotatable bonds is 4. The Morgan fingerprint density at radius 3 is 2.59 bits per heavy atom. The first-order valence-electron chi connectivity index (χ1n) is 9.49. The van der Waals surface area contributed by atoms with E-state index in [9.17, 15) is 13.6 Å². The molecule has 1 saturated carbocycles. The lowest BCUT2D eigenvalue weighted by atomic mass is 9.79. The van der Waals surface area contributed by atoms with Crippen LogP contribution in [0.5, 0.6) is 0 Å². The fourth-order valence-corrected chi connectivity index (χ4v) is 4.24. The predicted octanol–water partition coefficient (Wildman–Crippen LogP) is 4.50. The number of amides is 1. The second-order valence-electron chi connectivity index (χ2n) is 7.95. The van der Waals surface area contributed by atoms with E-state index in [1.54, 1.807) is 0 Å². The summed E-state index contributed by atoms with van der Waals surface area (Å²) in [6, 6.07) is 8.41. The maximum absolute atomic E-state index is 12.9. The van der Waals surface area contributed by atoms with Crippen molar-refractivity contribution in [2.45, 2.75) is 52.1 Å². The minimum absolute atomic E-state index is 0.166. The van der Waals surface area contributed by atoms with Crippen molar-refractivity contribution in [3.8, 4) is 0 Å². The van der Waals surface area contributed by atoms with Crippen molar-refractivity contribution in [1.82, 2.24) is 4.57 Å². The zero-order valence-electron chi connectivity index (χ0n) is 15.8. The average molecular weight is 373 g/mol. The van der Waals surface area contributed by atoms with Crippen LogP contribution in [0, 0.1) is 19.8 Å². The zero-order chi connectivity index (χ0) is 19.2. The van der Waals surface area contributed by atoms with E-state index in [1.165, 1.54) is 5.69 Å². The van der Waals surface area contributed by atoms with Crippen molar-refractivity contribution in [1.29, 1.82) is 0 Å². The number of hydrogen-bond donors (Lipinski definition) is 1. The second kappa shape index (κ2) is 6.66. The molecule has 1 aliphatic heterocycles. The lowest BCUT2D eigenvalue weighted by Crippen LogP contribution is -2.37. The number of carbonyl (C=O) groups excluding carboxylic acids is 1. The van der Waals surface area contributed by atoms with Gasteiger partial charge in [-0.2, -0.15) is 0 Å². The monoisotopic (exact) mass is 373 g/mol. The molecular formula is C21H25F2N3O. The Balaban J connectivity index is 1.44. The van der Waals surface area contributed by atoms with Crippen LogP contribution in [0.3, 0.4) is 0 Å². The summed E-state index contributed by atoms with van der Waals surface area (Å²) in [4.78, 5) is 14.6. The maximum atomic E-state index is 12.9. The first-order chi connectivity index (χ1) is 12.8. The van der Waals surface area contributed by atoms with Gasteiger partial charge in [0.2, 0.25) is 11.8 Å². The Labute approximate surface area is 158 Å². The number of benzene rings is 1. The molecular weight excluding hydrogens is 348 g/mol. The van der Waals surface area contributed by atoms with Crippen LogP contribution in [0.4, 0.5) is 20.2 Å². The number of nitrogens with one attached hydrogen (secondary N) is 1. The van der Waals surface area contributed by atoms with E-state index >= 15 is 0 Å². The molecule has 2 heterocycles. The van der Waals surface area contributed by atoms with Crippen LogP contribution in [-0.2, 0) is 17.9 Å². The van der Waals surface area contributed by atoms with Crippen LogP contribution in [0.15, 0.2) is 30.5 Å². The molecule has 2 aliphatic rings. The molecule has 0 atom stereocenters. The molecule has 0 radical (unpaired) electrons. The zero-order valence-corrected chi connectivity index (χ0v) is 15.8. The van der Waals surface area contributed by atoms with E-state index in [-0.39, 0.29) is 31.1 Å². The van der Waals surface area contributed by atoms with Gasteiger partial charge in [0.25, 0.3) is 0 Å². The summed E-state index contributed by atoms with van der Waals surface area (Å²) in [5, 5.41) is 2.94. The number of carbonyl (C=O) groups is 1. The largest absolute Gasteiger partial charge is 0.364 e. The van der Waals surface area contributed by atoms with Crippen LogP contribution >= 0.6 is 0 Å². The Kier molecular flexibility index (Phi) is 4.44. The van der Waals surface area contributed by atoms with Crippen molar-refractivity contribution in [2.24, 2.45) is 5.92 Å². The fraction of sp³-hybridized carbons (Fsp3) is 0.476. The van der Waals surface area contributed by atoms with Gasteiger partial charge in [-0.25, -0.2) is 8.78 Å². The molecule has 0 spiro atoms. The van der Waals surface area contributed by atoms with Gasteiger partial charge >= 0.3 is 0 Å². The molecule has 1 aromatic heterocycles. The highest BCUT2D eigenvalue weighted by atomic mass is 19.3. The van der Waals surface area contributed by atoms with Crippen LogP contribution in [0.25, 0.3) is 0 Å². The number of alkyl halides is 2. The smallest absolute Gasteiger partial charge is 0.248 e. The van der Waals surface area contributed by atoms with Gasteiger partial charge in [-0.15, -0.1) is 0 Å². The third-order valence-corrected chi connectivity index (χ3v) is 5.68. The Morgan fingerprint density at radius 2 is 1.93 bits per heavy atom. The summed E-state index contributed by atoms with van der Waals surface area (Å²) < 4.78 is 28.2. The lowest BCUT2D eigenvalue weighted by molar-refractivity contribution is -0.129. The van der Waals surface area contributed by atoms with E-state index in [0.29, 0.717) is 0 Å². The van der Waals surface area contributed by atoms with Crippen molar-refractivity contribution < 1.29 is 13.6 Å². The molecule has 4 nitrogen and oxygen atoms in total. The van der Waals surface area contributed by atoms with Gasteiger partial charge in [0.15, 0.2) is 0 Å². The van der Waals surface area contributed by atoms with Crippen molar-refractivity contribution in [2.75, 3.05) is 16.8 Å². The molecule has 0 saturated heterocycles. The van der Waals surface area contributed by atoms with Crippen LogP contribution < -0.4 is 10.2 Å². The van der Waals surface area contributed by atoms with E-state index in [1.807, 2.05) is 13.8 Å². The first kappa shape index (κ1) is 18.0. The lowest BCUT2D eigenvalue weighted by Gasteiger charge is -2.34. The maximum Gasteiger partial charge on any atom is 0.248 e. The van der Waals surface area contributed by atoms with E-state index in [0.717, 1.165) is 42.1 Å². The van der Waals surface area contributed by atoms with Gasteiger partial charge in [0.1, 0.15) is 0 Å². The third-order valence-electron chi connectivity index (χ3n) is 5.68. The number of nitrogens with zero attached hydrogens (tertiary/aromatic N) is 2. The summed E-state index contributed by atoms with van der Waals surface area (Å²) in [5.74, 6) is -2.96. The highest BCUT2D eigenvalue weighted by Crippen LogP contribution is 2.44. The molecule has 0 bridgehead atoms. The highest BCUT2D eigenvalue weighted by molar-refractivity contribution is 5.93. The molecule has 1 amide bonds. The Hall–Kier alpha value is -2.37. The number of aromatic nitrogens is 1. The van der Waals surface area contributed by atoms with Gasteiger partial charge in [-0.1, -0.05) is 0 Å². The molecule has 144 valence electrons. The molecule has 27 heavy (non-hydrogen) atoms. The Bertz CT molecular complexity index is 843. The topological polar surface area (TPSA) is 37.3 Å². The van der Waals surface area contributed by atoms with Gasteiger partial charge in [-0.05, 0) is 55.2 Å². The number of halogens is 2. The quantitative estimate of drug-likeness (QED) is 0.857. The molecule has 2 aromatic rings. The minimum Gasteiger partial charge on any atom is -0.364 e. The van der Waals surface area contributed by atoms with E-state index in [4.69, 9.17) is 0 Å². The second-order valence-corrected chi connectivity index (χ2v) is 7.95. The summed E-state index contributed by atoms with van der Waals surface area (Å²) >= 11 is 0. The number of fused-ring (bicyclic) bond motifs is 1. The summed E-state index contributed by atoms with van der Waals surface area (Å²) in [7, 11) is 0. The Morgan fingerprint density at radius 1 is 1.22 bits per heavy atom. The van der Waals surface area contributed by atoms with E-state index < -0.39 is 5.92 Å². The van der Waals surface area contributed by atoms with Crippen molar-refractivity contribution in [3.05, 3.63) is 47.3 Å². The normalized spacial score (nSPS) is 18.7. The fourth-order valence-electron chi connectivity index (χ4n) is 4.24. The SMILES string of the molecule is Cc1cc(N2CCn3cccc3C2)cc(C)c1NC(=O)CC1CC(F)(F)C1. The third kappa shape index (κ3) is 3.70. The molecule has 1 aromatic carbocycles. The van der Waals surface area contributed by atoms with Crippen LogP contribution in [0.1, 0.15) is 36.1 Å². The average Bonchev–Trinajstić information content (AvgIpc) is 3.04. The van der Waals surface area contributed by atoms with Gasteiger partial charge < -0.3 is 14.8 Å². The number of aryl methyl sites for hydroxylation is 2. The molecule has 1 fully saturated rings. The van der Waals surface area contributed by atoms with Gasteiger partial charge in [-0.3, -0.25) is 4.79 Å². The minimum atomic E-state index is -2.58. The molecule has 1 aliphatic carbocycles. The molecule has 1 N–H and O–H groups in total. The van der Waals surface area contributed by atoms with Crippen LogP contribution in [0.2, 0.25) is 0 Å². The van der Waals surface area contributed by atoms with E-state index in [2.05, 4.69) is 45.2 Å². The predicted molar refractivity (Wildman–Crippen MR) is 102 cm³/mol. The molecule has 0 unspecified atom stereocenters. The number of anilines is 2. The summed E-state index contributed by atoms with van der Waals surface area (Å²) in [6.07, 6.45) is 1.93. The first-order valence-corrected chi connectivity index (χ1v) is 9.49. The van der Waals surface area contributed by atoms with Gasteiger partial charge in [0.05, 0.1) is 6.54 Å². The van der Waals surface area contributed by atoms with Crippen molar-refractivity contribution >= 4 is 17.3 Å². The summed E-state index contributed by atoms with van der Waals surface area (Å²) in [5.41, 5.74) is 5.24. The summed E-state index contributed by atoms with van der Waals surface area (Å²) in [6.45, 7) is 6.74. The number of hydrogen-bond acceptors (Lipinski definition) is 2. The van der Waals surface area contributed by atoms with Crippen LogP contribution in [-0.4, -0.2) is 22.9 Å². The standard InChI is InChI=1S/C21H25F2N3O/c1-14-8-18(26-7-6-25-5-3-4-17(25)13-26)9-15(2)20(14)24-19(27)10-16-11-21(22,23)12-16/h3-5,8-9,16H,6-7,10-13H2,1-2H3,(H,24,27). The van der Waals surface area contributed by atoms with Gasteiger partial charge in [0, 0.05) is 55.6 Å². The van der Waals surface area contributed by atoms with Crippen molar-refractivity contribution in [3.63, 3.8) is 0 Å². The molecule has 4 rings (SSSR count). The molecule has 6 heteroatoms.